The van der Waals surface area contributed by atoms with E-state index in [1.54, 1.807) is 12.1 Å². The lowest BCUT2D eigenvalue weighted by molar-refractivity contribution is -0.385. The minimum atomic E-state index is -0.781. The maximum absolute atomic E-state index is 11.4. The second kappa shape index (κ2) is 5.30. The SMILES string of the molecule is CCc1ccccc1Nc1nc[nH]c(=O)c1[N+](=O)[O-]. The van der Waals surface area contributed by atoms with Crippen LogP contribution >= 0.6 is 0 Å². The van der Waals surface area contributed by atoms with Gasteiger partial charge in [0.25, 0.3) is 0 Å². The van der Waals surface area contributed by atoms with E-state index >= 15 is 0 Å². The van der Waals surface area contributed by atoms with Crippen LogP contribution in [0, 0.1) is 10.1 Å². The highest BCUT2D eigenvalue weighted by Crippen LogP contribution is 2.23. The molecule has 0 fully saturated rings. The van der Waals surface area contributed by atoms with Crippen molar-refractivity contribution >= 4 is 17.2 Å². The molecule has 2 rings (SSSR count). The maximum atomic E-state index is 11.4. The number of hydrogen-bond acceptors (Lipinski definition) is 5. The Labute approximate surface area is 108 Å². The van der Waals surface area contributed by atoms with Crippen LogP contribution in [0.4, 0.5) is 17.2 Å². The summed E-state index contributed by atoms with van der Waals surface area (Å²) >= 11 is 0. The van der Waals surface area contributed by atoms with Gasteiger partial charge in [-0.15, -0.1) is 0 Å². The Morgan fingerprint density at radius 1 is 1.42 bits per heavy atom. The zero-order valence-electron chi connectivity index (χ0n) is 10.2. The largest absolute Gasteiger partial charge is 0.376 e. The summed E-state index contributed by atoms with van der Waals surface area (Å²) in [6.45, 7) is 1.97. The van der Waals surface area contributed by atoms with Gasteiger partial charge >= 0.3 is 11.2 Å². The first kappa shape index (κ1) is 12.7. The molecule has 0 spiro atoms. The summed E-state index contributed by atoms with van der Waals surface area (Å²) in [4.78, 5) is 27.6. The zero-order chi connectivity index (χ0) is 13.8. The van der Waals surface area contributed by atoms with E-state index in [0.717, 1.165) is 18.3 Å². The average molecular weight is 260 g/mol. The monoisotopic (exact) mass is 260 g/mol. The molecule has 0 aliphatic carbocycles. The van der Waals surface area contributed by atoms with E-state index in [1.165, 1.54) is 0 Å². The van der Waals surface area contributed by atoms with Crippen molar-refractivity contribution in [1.82, 2.24) is 9.97 Å². The van der Waals surface area contributed by atoms with E-state index < -0.39 is 16.2 Å². The van der Waals surface area contributed by atoms with Gasteiger partial charge in [0, 0.05) is 5.69 Å². The van der Waals surface area contributed by atoms with Gasteiger partial charge in [-0.3, -0.25) is 14.9 Å². The molecule has 1 aromatic heterocycles. The molecule has 19 heavy (non-hydrogen) atoms. The van der Waals surface area contributed by atoms with Gasteiger partial charge in [0.1, 0.15) is 0 Å². The third kappa shape index (κ3) is 2.59. The number of nitrogens with one attached hydrogen (secondary N) is 2. The molecule has 2 aromatic rings. The molecule has 1 aromatic carbocycles. The molecular formula is C12H12N4O3. The second-order valence-corrected chi connectivity index (χ2v) is 3.82. The Balaban J connectivity index is 2.47. The fraction of sp³-hybridized carbons (Fsp3) is 0.167. The molecule has 0 bridgehead atoms. The van der Waals surface area contributed by atoms with Crippen LogP contribution in [0.1, 0.15) is 12.5 Å². The summed E-state index contributed by atoms with van der Waals surface area (Å²) in [5, 5.41) is 13.7. The Morgan fingerprint density at radius 3 is 2.84 bits per heavy atom. The highest BCUT2D eigenvalue weighted by molar-refractivity contribution is 5.66. The topological polar surface area (TPSA) is 101 Å². The Hall–Kier alpha value is -2.70. The van der Waals surface area contributed by atoms with Crippen LogP contribution in [0.25, 0.3) is 0 Å². The number of hydrogen-bond donors (Lipinski definition) is 2. The minimum Gasteiger partial charge on any atom is -0.334 e. The molecule has 0 saturated heterocycles. The second-order valence-electron chi connectivity index (χ2n) is 3.82. The van der Waals surface area contributed by atoms with Crippen LogP contribution in [-0.2, 0) is 6.42 Å². The quantitative estimate of drug-likeness (QED) is 0.646. The first-order valence-electron chi connectivity index (χ1n) is 5.70. The van der Waals surface area contributed by atoms with Crippen LogP contribution in [0.3, 0.4) is 0 Å². The molecule has 98 valence electrons. The van der Waals surface area contributed by atoms with Crippen molar-refractivity contribution < 1.29 is 4.92 Å². The molecule has 0 atom stereocenters. The normalized spacial score (nSPS) is 10.2. The van der Waals surface area contributed by atoms with E-state index in [1.807, 2.05) is 19.1 Å². The number of aromatic amines is 1. The van der Waals surface area contributed by atoms with Crippen molar-refractivity contribution in [3.8, 4) is 0 Å². The molecule has 7 nitrogen and oxygen atoms in total. The van der Waals surface area contributed by atoms with E-state index in [0.29, 0.717) is 5.69 Å². The molecule has 2 N–H and O–H groups in total. The fourth-order valence-corrected chi connectivity index (χ4v) is 1.73. The van der Waals surface area contributed by atoms with Gasteiger partial charge in [-0.05, 0) is 18.1 Å². The molecule has 0 aliphatic heterocycles. The van der Waals surface area contributed by atoms with Gasteiger partial charge in [-0.25, -0.2) is 4.98 Å². The lowest BCUT2D eigenvalue weighted by Gasteiger charge is -2.09. The lowest BCUT2D eigenvalue weighted by atomic mass is 10.1. The standard InChI is InChI=1S/C12H12N4O3/c1-2-8-5-3-4-6-9(8)15-11-10(16(18)19)12(17)14-7-13-11/h3-7H,2H2,1H3,(H2,13,14,15,17). The van der Waals surface area contributed by atoms with Crippen molar-refractivity contribution in [2.45, 2.75) is 13.3 Å². The molecule has 0 amide bonds. The summed E-state index contributed by atoms with van der Waals surface area (Å²) in [6.07, 6.45) is 1.90. The number of H-pyrrole nitrogens is 1. The fourth-order valence-electron chi connectivity index (χ4n) is 1.73. The average Bonchev–Trinajstić information content (AvgIpc) is 2.39. The van der Waals surface area contributed by atoms with Gasteiger partial charge in [-0.1, -0.05) is 25.1 Å². The number of para-hydroxylation sites is 1. The van der Waals surface area contributed by atoms with Gasteiger partial charge in [0.05, 0.1) is 11.3 Å². The molecule has 0 saturated carbocycles. The van der Waals surface area contributed by atoms with E-state index in [9.17, 15) is 14.9 Å². The Morgan fingerprint density at radius 2 is 2.16 bits per heavy atom. The molecule has 7 heteroatoms. The number of aromatic nitrogens is 2. The van der Waals surface area contributed by atoms with Crippen LogP contribution in [0.5, 0.6) is 0 Å². The number of nitro groups is 1. The molecule has 1 heterocycles. The maximum Gasteiger partial charge on any atom is 0.376 e. The van der Waals surface area contributed by atoms with Crippen molar-refractivity contribution in [2.24, 2.45) is 0 Å². The van der Waals surface area contributed by atoms with Crippen LogP contribution in [-0.4, -0.2) is 14.9 Å². The van der Waals surface area contributed by atoms with Crippen molar-refractivity contribution in [1.29, 1.82) is 0 Å². The van der Waals surface area contributed by atoms with E-state index in [4.69, 9.17) is 0 Å². The minimum absolute atomic E-state index is 0.0605. The van der Waals surface area contributed by atoms with Crippen molar-refractivity contribution in [3.63, 3.8) is 0 Å². The molecule has 0 radical (unpaired) electrons. The number of anilines is 2. The van der Waals surface area contributed by atoms with E-state index in [2.05, 4.69) is 15.3 Å². The Kier molecular flexibility index (Phi) is 3.56. The summed E-state index contributed by atoms with van der Waals surface area (Å²) < 4.78 is 0. The number of benzene rings is 1. The third-order valence-corrected chi connectivity index (χ3v) is 2.66. The third-order valence-electron chi connectivity index (χ3n) is 2.66. The van der Waals surface area contributed by atoms with Crippen LogP contribution in [0.2, 0.25) is 0 Å². The first-order chi connectivity index (χ1) is 9.13. The number of nitrogens with zero attached hydrogens (tertiary/aromatic N) is 2. The van der Waals surface area contributed by atoms with Gasteiger partial charge in [0.15, 0.2) is 0 Å². The van der Waals surface area contributed by atoms with Gasteiger partial charge in [0.2, 0.25) is 5.82 Å². The smallest absolute Gasteiger partial charge is 0.334 e. The Bertz CT molecular complexity index is 666. The molecular weight excluding hydrogens is 248 g/mol. The summed E-state index contributed by atoms with van der Waals surface area (Å²) in [7, 11) is 0. The first-order valence-corrected chi connectivity index (χ1v) is 5.70. The lowest BCUT2D eigenvalue weighted by Crippen LogP contribution is -2.15. The van der Waals surface area contributed by atoms with Crippen molar-refractivity contribution in [2.75, 3.05) is 5.32 Å². The highest BCUT2D eigenvalue weighted by Gasteiger charge is 2.20. The summed E-state index contributed by atoms with van der Waals surface area (Å²) in [5.41, 5.74) is 0.315. The van der Waals surface area contributed by atoms with E-state index in [-0.39, 0.29) is 5.82 Å². The van der Waals surface area contributed by atoms with Gasteiger partial charge in [-0.2, -0.15) is 0 Å². The molecule has 0 unspecified atom stereocenters. The zero-order valence-corrected chi connectivity index (χ0v) is 10.2. The summed E-state index contributed by atoms with van der Waals surface area (Å²) in [6, 6.07) is 7.37. The number of aryl methyl sites for hydroxylation is 1. The van der Waals surface area contributed by atoms with Crippen molar-refractivity contribution in [3.05, 3.63) is 56.6 Å². The molecule has 0 aliphatic rings. The highest BCUT2D eigenvalue weighted by atomic mass is 16.6. The van der Waals surface area contributed by atoms with Crippen LogP contribution in [0.15, 0.2) is 35.4 Å². The number of rotatable bonds is 4. The van der Waals surface area contributed by atoms with Gasteiger partial charge < -0.3 is 10.3 Å². The predicted molar refractivity (Wildman–Crippen MR) is 70.6 cm³/mol. The summed E-state index contributed by atoms with van der Waals surface area (Å²) in [5.74, 6) is -0.0605. The van der Waals surface area contributed by atoms with Crippen LogP contribution < -0.4 is 10.9 Å². The predicted octanol–water partition coefficient (Wildman–Crippen LogP) is 1.98.